The van der Waals surface area contributed by atoms with E-state index in [4.69, 9.17) is 29.7 Å². The first kappa shape index (κ1) is 20.8. The Morgan fingerprint density at radius 1 is 1.27 bits per heavy atom. The minimum absolute atomic E-state index is 0.307. The highest BCUT2D eigenvalue weighted by molar-refractivity contribution is 6.07. The number of methoxy groups -OCH3 is 1. The molecule has 0 amide bonds. The van der Waals surface area contributed by atoms with Crippen LogP contribution >= 0.6 is 0 Å². The molecule has 0 saturated carbocycles. The summed E-state index contributed by atoms with van der Waals surface area (Å²) in [4.78, 5) is 9.26. The van der Waals surface area contributed by atoms with Crippen molar-refractivity contribution in [3.8, 4) is 5.75 Å². The van der Waals surface area contributed by atoms with Gasteiger partial charge in [0.25, 0.3) is 0 Å². The average molecular weight is 416 g/mol. The second-order valence-electron chi connectivity index (χ2n) is 8.02. The number of hydrogen-bond acceptors (Lipinski definition) is 8. The van der Waals surface area contributed by atoms with Crippen molar-refractivity contribution in [2.75, 3.05) is 39.3 Å². The Hall–Kier alpha value is -2.46. The third-order valence-corrected chi connectivity index (χ3v) is 4.91. The Kier molecular flexibility index (Phi) is 5.79. The number of hydrogen-bond donors (Lipinski definition) is 2. The molecule has 0 unspecified atom stereocenters. The van der Waals surface area contributed by atoms with Crippen LogP contribution in [0.5, 0.6) is 5.75 Å². The van der Waals surface area contributed by atoms with E-state index in [-0.39, 0.29) is 6.29 Å². The Balaban J connectivity index is 1.77. The minimum atomic E-state index is -0.926. The topological polar surface area (TPSA) is 114 Å². The van der Waals surface area contributed by atoms with E-state index in [1.807, 2.05) is 22.8 Å². The van der Waals surface area contributed by atoms with Crippen molar-refractivity contribution in [2.24, 2.45) is 0 Å². The number of nitrogens with zero attached hydrogens (tertiary/aromatic N) is 3. The van der Waals surface area contributed by atoms with Gasteiger partial charge in [-0.15, -0.1) is 0 Å². The van der Waals surface area contributed by atoms with Crippen molar-refractivity contribution in [2.45, 2.75) is 38.7 Å². The molecule has 9 heteroatoms. The van der Waals surface area contributed by atoms with Gasteiger partial charge in [0.2, 0.25) is 0 Å². The van der Waals surface area contributed by atoms with Gasteiger partial charge in [-0.05, 0) is 26.0 Å². The van der Waals surface area contributed by atoms with E-state index in [1.54, 1.807) is 21.0 Å². The highest BCUT2D eigenvalue weighted by Crippen LogP contribution is 2.32. The zero-order chi connectivity index (χ0) is 21.3. The molecule has 0 aliphatic carbocycles. The maximum Gasteiger partial charge on any atom is 0.191 e. The van der Waals surface area contributed by atoms with Gasteiger partial charge in [-0.2, -0.15) is 0 Å². The monoisotopic (exact) mass is 416 g/mol. The lowest BCUT2D eigenvalue weighted by molar-refractivity contribution is -0.0683. The highest BCUT2D eigenvalue weighted by atomic mass is 16.7. The van der Waals surface area contributed by atoms with E-state index in [9.17, 15) is 5.11 Å². The van der Waals surface area contributed by atoms with Gasteiger partial charge in [0.1, 0.15) is 23.7 Å². The first-order valence-electron chi connectivity index (χ1n) is 10.0. The van der Waals surface area contributed by atoms with Crippen molar-refractivity contribution in [3.63, 3.8) is 0 Å². The number of fused-ring (bicyclic) bond motifs is 3. The van der Waals surface area contributed by atoms with Crippen LogP contribution in [0.15, 0.2) is 18.2 Å². The fourth-order valence-electron chi connectivity index (χ4n) is 3.64. The summed E-state index contributed by atoms with van der Waals surface area (Å²) in [5, 5.41) is 11.4. The summed E-state index contributed by atoms with van der Waals surface area (Å²) < 4.78 is 23.9. The summed E-state index contributed by atoms with van der Waals surface area (Å²) in [7, 11) is 1.65. The molecule has 0 radical (unpaired) electrons. The van der Waals surface area contributed by atoms with Crippen LogP contribution in [-0.4, -0.2) is 65.1 Å². The average Bonchev–Trinajstić information content (AvgIpc) is 3.32. The molecule has 2 aromatic heterocycles. The van der Waals surface area contributed by atoms with Gasteiger partial charge >= 0.3 is 0 Å². The van der Waals surface area contributed by atoms with Crippen molar-refractivity contribution in [1.82, 2.24) is 14.5 Å². The molecule has 3 N–H and O–H groups in total. The van der Waals surface area contributed by atoms with Crippen molar-refractivity contribution in [1.29, 1.82) is 0 Å². The molecule has 9 nitrogen and oxygen atoms in total. The Bertz CT molecular complexity index is 1040. The van der Waals surface area contributed by atoms with Gasteiger partial charge in [-0.25, -0.2) is 9.97 Å². The van der Waals surface area contributed by atoms with Crippen LogP contribution in [-0.2, 0) is 27.2 Å². The highest BCUT2D eigenvalue weighted by Gasteiger charge is 2.23. The van der Waals surface area contributed by atoms with E-state index in [0.717, 1.165) is 16.7 Å². The first-order chi connectivity index (χ1) is 14.4. The van der Waals surface area contributed by atoms with Gasteiger partial charge in [0.15, 0.2) is 12.1 Å². The van der Waals surface area contributed by atoms with Crippen molar-refractivity contribution >= 4 is 27.8 Å². The smallest absolute Gasteiger partial charge is 0.191 e. The summed E-state index contributed by atoms with van der Waals surface area (Å²) in [6, 6.07) is 5.67. The second-order valence-corrected chi connectivity index (χ2v) is 8.02. The summed E-state index contributed by atoms with van der Waals surface area (Å²) in [6.07, 6.45) is 0.253. The summed E-state index contributed by atoms with van der Waals surface area (Å²) >= 11 is 0. The molecule has 162 valence electrons. The van der Waals surface area contributed by atoms with Crippen LogP contribution in [0.4, 0.5) is 5.82 Å². The normalized spacial score (nSPS) is 15.5. The molecule has 0 atom stereocenters. The van der Waals surface area contributed by atoms with Crippen LogP contribution in [0.25, 0.3) is 21.9 Å². The number of imidazole rings is 1. The number of nitrogen functional groups attached to an aromatic ring is 1. The van der Waals surface area contributed by atoms with Crippen molar-refractivity contribution < 1.29 is 24.1 Å². The quantitative estimate of drug-likeness (QED) is 0.572. The van der Waals surface area contributed by atoms with Crippen LogP contribution < -0.4 is 10.5 Å². The van der Waals surface area contributed by atoms with Crippen LogP contribution in [0, 0.1) is 0 Å². The molecule has 30 heavy (non-hydrogen) atoms. The zero-order valence-corrected chi connectivity index (χ0v) is 17.6. The Morgan fingerprint density at radius 2 is 2.03 bits per heavy atom. The number of rotatable bonds is 8. The number of nitrogens with two attached hydrogens (primary N) is 1. The molecule has 1 aliphatic rings. The standard InChI is InChI=1S/C21H28N4O5/c1-21(2,26)12-25-16(6-7-27-3)24-18-19(25)14-5-4-13(10-15(14)23-20(18)22)30-11-17-28-8-9-29-17/h4-5,10,17,26H,6-9,11-12H2,1-3H3,(H2,22,23). The molecule has 0 bridgehead atoms. The second kappa shape index (κ2) is 8.35. The number of aliphatic hydroxyl groups is 1. The van der Waals surface area contributed by atoms with Crippen molar-refractivity contribution in [3.05, 3.63) is 24.0 Å². The molecule has 3 aromatic rings. The Labute approximate surface area is 174 Å². The van der Waals surface area contributed by atoms with Crippen LogP contribution in [0.3, 0.4) is 0 Å². The van der Waals surface area contributed by atoms with Gasteiger partial charge < -0.3 is 34.4 Å². The largest absolute Gasteiger partial charge is 0.488 e. The van der Waals surface area contributed by atoms with E-state index in [0.29, 0.717) is 62.0 Å². The fraction of sp³-hybridized carbons (Fsp3) is 0.524. The minimum Gasteiger partial charge on any atom is -0.488 e. The molecule has 1 aromatic carbocycles. The molecule has 0 spiro atoms. The lowest BCUT2D eigenvalue weighted by Crippen LogP contribution is -2.27. The summed E-state index contributed by atoms with van der Waals surface area (Å²) in [6.45, 7) is 5.90. The Morgan fingerprint density at radius 3 is 2.73 bits per heavy atom. The van der Waals surface area contributed by atoms with E-state index in [1.165, 1.54) is 0 Å². The van der Waals surface area contributed by atoms with Crippen LogP contribution in [0.1, 0.15) is 19.7 Å². The maximum absolute atomic E-state index is 10.5. The van der Waals surface area contributed by atoms with E-state index in [2.05, 4.69) is 4.98 Å². The molecule has 3 heterocycles. The molecule has 4 rings (SSSR count). The summed E-state index contributed by atoms with van der Waals surface area (Å²) in [5.41, 5.74) is 7.50. The van der Waals surface area contributed by atoms with Gasteiger partial charge in [0.05, 0.1) is 43.0 Å². The molecule has 1 saturated heterocycles. The lowest BCUT2D eigenvalue weighted by Gasteiger charge is -2.21. The van der Waals surface area contributed by atoms with Gasteiger partial charge in [-0.3, -0.25) is 0 Å². The number of aromatic nitrogens is 3. The van der Waals surface area contributed by atoms with Gasteiger partial charge in [0, 0.05) is 25.0 Å². The third-order valence-electron chi connectivity index (χ3n) is 4.91. The molecule has 1 fully saturated rings. The van der Waals surface area contributed by atoms with E-state index < -0.39 is 5.60 Å². The summed E-state index contributed by atoms with van der Waals surface area (Å²) in [5.74, 6) is 1.79. The molecule has 1 aliphatic heterocycles. The number of pyridine rings is 1. The lowest BCUT2D eigenvalue weighted by atomic mass is 10.1. The van der Waals surface area contributed by atoms with Crippen LogP contribution in [0.2, 0.25) is 0 Å². The first-order valence-corrected chi connectivity index (χ1v) is 10.0. The SMILES string of the molecule is COCCc1nc2c(N)nc3cc(OCC4OCCO4)ccc3c2n1CC(C)(C)O. The predicted molar refractivity (Wildman–Crippen MR) is 113 cm³/mol. The third kappa shape index (κ3) is 4.34. The predicted octanol–water partition coefficient (Wildman–Crippen LogP) is 1.88. The zero-order valence-electron chi connectivity index (χ0n) is 17.6. The molecular weight excluding hydrogens is 388 g/mol. The fourth-order valence-corrected chi connectivity index (χ4v) is 3.64. The number of ether oxygens (including phenoxy) is 4. The van der Waals surface area contributed by atoms with Gasteiger partial charge in [-0.1, -0.05) is 0 Å². The maximum atomic E-state index is 10.5. The number of benzene rings is 1. The van der Waals surface area contributed by atoms with E-state index >= 15 is 0 Å². The molecular formula is C21H28N4O5. The number of anilines is 1.